The molecule has 3 aromatic rings. The lowest BCUT2D eigenvalue weighted by molar-refractivity contribution is -0.210. The predicted molar refractivity (Wildman–Crippen MR) is 124 cm³/mol. The van der Waals surface area contributed by atoms with Crippen molar-refractivity contribution in [2.75, 3.05) is 5.32 Å². The van der Waals surface area contributed by atoms with Gasteiger partial charge in [-0.1, -0.05) is 26.0 Å². The van der Waals surface area contributed by atoms with E-state index < -0.39 is 17.5 Å². The molecule has 0 radical (unpaired) electrons. The van der Waals surface area contributed by atoms with Gasteiger partial charge >= 0.3 is 12.1 Å². The topological polar surface area (TPSA) is 77.0 Å². The lowest BCUT2D eigenvalue weighted by atomic mass is 9.60. The Hall–Kier alpha value is -3.49. The summed E-state index contributed by atoms with van der Waals surface area (Å²) in [6, 6.07) is 10.2. The summed E-state index contributed by atoms with van der Waals surface area (Å²) in [5, 5.41) is 2.86. The van der Waals surface area contributed by atoms with Gasteiger partial charge in [-0.05, 0) is 67.0 Å². The molecule has 1 saturated carbocycles. The molecule has 0 amide bonds. The molecule has 0 unspecified atom stereocenters. The van der Waals surface area contributed by atoms with Crippen LogP contribution in [0.4, 0.5) is 24.8 Å². The molecule has 2 saturated heterocycles. The average molecular weight is 483 g/mol. The van der Waals surface area contributed by atoms with Crippen molar-refractivity contribution in [3.63, 3.8) is 0 Å². The van der Waals surface area contributed by atoms with E-state index in [1.165, 1.54) is 0 Å². The van der Waals surface area contributed by atoms with Crippen LogP contribution in [0.15, 0.2) is 48.8 Å². The van der Waals surface area contributed by atoms with Gasteiger partial charge in [-0.2, -0.15) is 13.2 Å². The third-order valence-corrected chi connectivity index (χ3v) is 6.94. The Morgan fingerprint density at radius 1 is 1.09 bits per heavy atom. The number of esters is 1. The average Bonchev–Trinajstić information content (AvgIpc) is 2.78. The number of nitrogens with zero attached hydrogens (tertiary/aromatic N) is 3. The molecule has 6 rings (SSSR count). The van der Waals surface area contributed by atoms with Gasteiger partial charge in [0.1, 0.15) is 5.69 Å². The van der Waals surface area contributed by atoms with Gasteiger partial charge < -0.3 is 10.1 Å². The number of rotatable bonds is 4. The first kappa shape index (κ1) is 23.3. The monoisotopic (exact) mass is 482 g/mol. The van der Waals surface area contributed by atoms with Crippen LogP contribution in [0, 0.1) is 18.3 Å². The molecular weight excluding hydrogens is 457 g/mol. The Morgan fingerprint density at radius 3 is 2.54 bits per heavy atom. The van der Waals surface area contributed by atoms with Crippen molar-refractivity contribution < 1.29 is 22.7 Å². The van der Waals surface area contributed by atoms with Crippen LogP contribution in [-0.4, -0.2) is 20.9 Å². The maximum atomic E-state index is 13.0. The van der Waals surface area contributed by atoms with Crippen LogP contribution in [0.2, 0.25) is 0 Å². The zero-order valence-electron chi connectivity index (χ0n) is 19.6. The van der Waals surface area contributed by atoms with Crippen LogP contribution in [0.3, 0.4) is 0 Å². The van der Waals surface area contributed by atoms with Crippen LogP contribution in [0.25, 0.3) is 11.1 Å². The Morgan fingerprint density at radius 2 is 1.89 bits per heavy atom. The smallest absolute Gasteiger partial charge is 0.433 e. The Balaban J connectivity index is 1.41. The molecule has 3 aliphatic rings. The van der Waals surface area contributed by atoms with Gasteiger partial charge in [0.15, 0.2) is 5.60 Å². The fourth-order valence-corrected chi connectivity index (χ4v) is 5.34. The molecule has 1 N–H and O–H groups in total. The van der Waals surface area contributed by atoms with Crippen LogP contribution in [-0.2, 0) is 21.3 Å². The lowest BCUT2D eigenvalue weighted by Gasteiger charge is -2.53. The first-order chi connectivity index (χ1) is 16.5. The Kier molecular flexibility index (Phi) is 5.34. The summed E-state index contributed by atoms with van der Waals surface area (Å²) >= 11 is 0. The summed E-state index contributed by atoms with van der Waals surface area (Å²) in [6.45, 7) is 6.11. The first-order valence-electron chi connectivity index (χ1n) is 11.4. The van der Waals surface area contributed by atoms with Crippen LogP contribution >= 0.6 is 0 Å². The number of nitrogens with one attached hydrogen (secondary N) is 1. The zero-order valence-corrected chi connectivity index (χ0v) is 19.6. The maximum absolute atomic E-state index is 13.0. The minimum Gasteiger partial charge on any atom is -0.452 e. The van der Waals surface area contributed by atoms with Gasteiger partial charge in [-0.15, -0.1) is 0 Å². The molecule has 182 valence electrons. The van der Waals surface area contributed by atoms with Crippen LogP contribution in [0.5, 0.6) is 0 Å². The number of hydrogen-bond donors (Lipinski definition) is 1. The van der Waals surface area contributed by atoms with Crippen molar-refractivity contribution in [1.82, 2.24) is 15.0 Å². The van der Waals surface area contributed by atoms with E-state index in [1.54, 1.807) is 18.3 Å². The number of hydrogen-bond acceptors (Lipinski definition) is 6. The SMILES string of the molecule is Cc1cc(Nc2nccc(C(F)(F)F)n2)cc(-c2ccc([C@]34CC[C@H](C(=O)O3)C(C)(C)C4)nc2)c1. The fraction of sp³-hybridized carbons (Fsp3) is 0.385. The molecule has 9 heteroatoms. The summed E-state index contributed by atoms with van der Waals surface area (Å²) < 4.78 is 44.8. The van der Waals surface area contributed by atoms with E-state index in [0.717, 1.165) is 53.9 Å². The maximum Gasteiger partial charge on any atom is 0.433 e. The molecule has 3 fully saturated rings. The number of fused-ring (bicyclic) bond motifs is 3. The third-order valence-electron chi connectivity index (χ3n) is 6.94. The Labute approximate surface area is 201 Å². The van der Waals surface area contributed by atoms with Crippen molar-refractivity contribution in [2.45, 2.75) is 51.8 Å². The molecule has 0 spiro atoms. The molecular formula is C26H25F3N4O2. The number of carbonyl (C=O) groups is 1. The van der Waals surface area contributed by atoms with Gasteiger partial charge in [-0.3, -0.25) is 9.78 Å². The van der Waals surface area contributed by atoms with E-state index in [2.05, 4.69) is 34.1 Å². The molecule has 1 aromatic carbocycles. The number of benzene rings is 1. The van der Waals surface area contributed by atoms with Gasteiger partial charge in [0.05, 0.1) is 11.6 Å². The fourth-order valence-electron chi connectivity index (χ4n) is 5.34. The number of ether oxygens (including phenoxy) is 1. The van der Waals surface area contributed by atoms with Gasteiger partial charge in [0, 0.05) is 23.6 Å². The summed E-state index contributed by atoms with van der Waals surface area (Å²) in [5.41, 5.74) is 2.01. The molecule has 2 aliphatic heterocycles. The van der Waals surface area contributed by atoms with Crippen LogP contribution < -0.4 is 5.32 Å². The largest absolute Gasteiger partial charge is 0.452 e. The highest BCUT2D eigenvalue weighted by Gasteiger charge is 2.57. The summed E-state index contributed by atoms with van der Waals surface area (Å²) in [6.07, 6.45) is 0.548. The van der Waals surface area contributed by atoms with E-state index >= 15 is 0 Å². The minimum atomic E-state index is -4.55. The number of anilines is 2. The number of pyridine rings is 1. The normalized spacial score (nSPS) is 23.1. The molecule has 4 heterocycles. The second-order valence-corrected chi connectivity index (χ2v) is 10.1. The summed E-state index contributed by atoms with van der Waals surface area (Å²) in [4.78, 5) is 24.7. The highest BCUT2D eigenvalue weighted by Crippen LogP contribution is 2.56. The summed E-state index contributed by atoms with van der Waals surface area (Å²) in [5.74, 6) is -0.353. The van der Waals surface area contributed by atoms with Crippen molar-refractivity contribution in [3.8, 4) is 11.1 Å². The Bertz CT molecular complexity index is 1290. The highest BCUT2D eigenvalue weighted by atomic mass is 19.4. The summed E-state index contributed by atoms with van der Waals surface area (Å²) in [7, 11) is 0. The van der Waals surface area contributed by atoms with Crippen molar-refractivity contribution >= 4 is 17.6 Å². The van der Waals surface area contributed by atoms with Gasteiger partial charge in [-0.25, -0.2) is 9.97 Å². The van der Waals surface area contributed by atoms with E-state index in [4.69, 9.17) is 4.74 Å². The standard InChI is InChI=1S/C26H25F3N4O2/c1-15-10-17(12-18(11-15)32-23-30-9-7-21(33-23)26(27,28)29)16-4-5-20(31-13-16)25-8-6-19(22(34)35-25)24(2,3)14-25/h4-5,7,9-13,19H,6,8,14H2,1-3H3,(H,30,32,33)/t19-,25-/m1/s1. The molecule has 2 atom stereocenters. The number of carbonyl (C=O) groups excluding carboxylic acids is 1. The van der Waals surface area contributed by atoms with Gasteiger partial charge in [0.25, 0.3) is 0 Å². The first-order valence-corrected chi connectivity index (χ1v) is 11.4. The van der Waals surface area contributed by atoms with E-state index in [0.29, 0.717) is 5.69 Å². The minimum absolute atomic E-state index is 0.0670. The van der Waals surface area contributed by atoms with E-state index in [1.807, 2.05) is 25.1 Å². The predicted octanol–water partition coefficient (Wildman–Crippen LogP) is 6.19. The van der Waals surface area contributed by atoms with Crippen molar-refractivity contribution in [1.29, 1.82) is 0 Å². The van der Waals surface area contributed by atoms with Crippen molar-refractivity contribution in [2.24, 2.45) is 11.3 Å². The zero-order chi connectivity index (χ0) is 25.0. The quantitative estimate of drug-likeness (QED) is 0.447. The molecule has 35 heavy (non-hydrogen) atoms. The van der Waals surface area contributed by atoms with Gasteiger partial charge in [0.2, 0.25) is 5.95 Å². The van der Waals surface area contributed by atoms with E-state index in [9.17, 15) is 18.0 Å². The number of alkyl halides is 3. The van der Waals surface area contributed by atoms with Crippen LogP contribution in [0.1, 0.15) is 50.1 Å². The number of aromatic nitrogens is 3. The highest BCUT2D eigenvalue weighted by molar-refractivity contribution is 5.76. The molecule has 6 nitrogen and oxygen atoms in total. The third kappa shape index (κ3) is 4.35. The second kappa shape index (κ2) is 8.03. The number of aryl methyl sites for hydroxylation is 1. The van der Waals surface area contributed by atoms with E-state index in [-0.39, 0.29) is 23.3 Å². The molecule has 1 aliphatic carbocycles. The molecule has 2 bridgehead atoms. The second-order valence-electron chi connectivity index (χ2n) is 10.1. The van der Waals surface area contributed by atoms with Crippen molar-refractivity contribution in [3.05, 3.63) is 65.7 Å². The molecule has 2 aromatic heterocycles. The number of halogens is 3. The lowest BCUT2D eigenvalue weighted by Crippen LogP contribution is -2.54.